The number of amides is 2. The fraction of sp³-hybridized carbons (Fsp3) is 0.333. The summed E-state index contributed by atoms with van der Waals surface area (Å²) in [5, 5.41) is 4.97. The van der Waals surface area contributed by atoms with E-state index < -0.39 is 6.04 Å². The van der Waals surface area contributed by atoms with Gasteiger partial charge >= 0.3 is 0 Å². The van der Waals surface area contributed by atoms with E-state index in [1.165, 1.54) is 16.9 Å². The van der Waals surface area contributed by atoms with Crippen molar-refractivity contribution in [3.05, 3.63) is 87.6 Å². The molecule has 0 spiro atoms. The number of thiophene rings is 1. The average Bonchev–Trinajstić information content (AvgIpc) is 3.38. The molecule has 0 radical (unpaired) electrons. The molecule has 0 fully saturated rings. The molecular weight excluding hydrogens is 448 g/mol. The maximum Gasteiger partial charge on any atom is 0.247 e. The average molecular weight is 481 g/mol. The van der Waals surface area contributed by atoms with Crippen LogP contribution in [0.15, 0.2) is 66.0 Å². The van der Waals surface area contributed by atoms with Crippen molar-refractivity contribution in [2.24, 2.45) is 0 Å². The van der Waals surface area contributed by atoms with Crippen LogP contribution in [0.4, 0.5) is 0 Å². The van der Waals surface area contributed by atoms with Crippen LogP contribution in [-0.2, 0) is 33.7 Å². The molecule has 0 saturated heterocycles. The van der Waals surface area contributed by atoms with Gasteiger partial charge in [0, 0.05) is 25.1 Å². The lowest BCUT2D eigenvalue weighted by molar-refractivity contribution is -0.141. The number of nitrogens with one attached hydrogen (secondary N) is 1. The van der Waals surface area contributed by atoms with Crippen molar-refractivity contribution in [1.82, 2.24) is 10.2 Å². The second-order valence-electron chi connectivity index (χ2n) is 7.90. The van der Waals surface area contributed by atoms with E-state index in [1.807, 2.05) is 66.0 Å². The lowest BCUT2D eigenvalue weighted by Gasteiger charge is -2.31. The van der Waals surface area contributed by atoms with E-state index in [9.17, 15) is 9.59 Å². The molecular formula is C27H32N2O4S. The topological polar surface area (TPSA) is 67.9 Å². The lowest BCUT2D eigenvalue weighted by Crippen LogP contribution is -2.45. The molecule has 2 aromatic carbocycles. The van der Waals surface area contributed by atoms with Gasteiger partial charge in [-0.25, -0.2) is 0 Å². The van der Waals surface area contributed by atoms with Crippen molar-refractivity contribution >= 4 is 23.2 Å². The van der Waals surface area contributed by atoms with Crippen molar-refractivity contribution in [2.45, 2.75) is 32.4 Å². The number of carbonyl (C=O) groups excluding carboxylic acids is 2. The van der Waals surface area contributed by atoms with Crippen molar-refractivity contribution in [3.63, 3.8) is 0 Å². The molecule has 1 aromatic heterocycles. The summed E-state index contributed by atoms with van der Waals surface area (Å²) in [6, 6.07) is 18.5. The van der Waals surface area contributed by atoms with Crippen LogP contribution >= 0.6 is 11.3 Å². The number of carbonyl (C=O) groups is 2. The second-order valence-corrected chi connectivity index (χ2v) is 8.93. The highest BCUT2D eigenvalue weighted by molar-refractivity contribution is 7.10. The fourth-order valence-electron chi connectivity index (χ4n) is 3.69. The first-order valence-corrected chi connectivity index (χ1v) is 12.2. The standard InChI is InChI=1S/C27H32N2O4S/c1-4-20-7-11-22(12-8-20)26(27(31)28-19-21-9-13-23(33-3)14-10-21)29(15-16-32-2)25(30)18-24-6-5-17-34-24/h5-14,17,26H,4,15-16,18-19H2,1-3H3,(H,28,31)/t26-/m1/s1. The Morgan fingerprint density at radius 1 is 1.00 bits per heavy atom. The Morgan fingerprint density at radius 2 is 1.71 bits per heavy atom. The zero-order valence-corrected chi connectivity index (χ0v) is 20.8. The Hall–Kier alpha value is -3.16. The van der Waals surface area contributed by atoms with Gasteiger partial charge in [-0.05, 0) is 46.7 Å². The number of aryl methyl sites for hydroxylation is 1. The molecule has 1 atom stereocenters. The highest BCUT2D eigenvalue weighted by Gasteiger charge is 2.31. The summed E-state index contributed by atoms with van der Waals surface area (Å²) < 4.78 is 10.5. The van der Waals surface area contributed by atoms with Gasteiger partial charge in [0.2, 0.25) is 11.8 Å². The number of hydrogen-bond donors (Lipinski definition) is 1. The monoisotopic (exact) mass is 480 g/mol. The summed E-state index contributed by atoms with van der Waals surface area (Å²) in [7, 11) is 3.21. The Morgan fingerprint density at radius 3 is 2.29 bits per heavy atom. The quantitative estimate of drug-likeness (QED) is 0.417. The predicted molar refractivity (Wildman–Crippen MR) is 135 cm³/mol. The normalized spacial score (nSPS) is 11.6. The Labute approximate surface area is 205 Å². The fourth-order valence-corrected chi connectivity index (χ4v) is 4.38. The van der Waals surface area contributed by atoms with Crippen LogP contribution < -0.4 is 10.1 Å². The minimum atomic E-state index is -0.758. The van der Waals surface area contributed by atoms with E-state index in [0.29, 0.717) is 19.7 Å². The lowest BCUT2D eigenvalue weighted by atomic mass is 10.0. The number of nitrogens with zero attached hydrogens (tertiary/aromatic N) is 1. The van der Waals surface area contributed by atoms with Gasteiger partial charge in [0.05, 0.1) is 20.1 Å². The highest BCUT2D eigenvalue weighted by Crippen LogP contribution is 2.24. The van der Waals surface area contributed by atoms with E-state index in [1.54, 1.807) is 19.1 Å². The first-order valence-electron chi connectivity index (χ1n) is 11.4. The molecule has 3 aromatic rings. The van der Waals surface area contributed by atoms with Crippen LogP contribution in [0.5, 0.6) is 5.75 Å². The van der Waals surface area contributed by atoms with Gasteiger partial charge in [0.25, 0.3) is 0 Å². The van der Waals surface area contributed by atoms with Crippen LogP contribution in [0.1, 0.15) is 34.5 Å². The third-order valence-electron chi connectivity index (χ3n) is 5.65. The van der Waals surface area contributed by atoms with E-state index in [2.05, 4.69) is 12.2 Å². The molecule has 3 rings (SSSR count). The van der Waals surface area contributed by atoms with Gasteiger partial charge in [0.15, 0.2) is 0 Å². The predicted octanol–water partition coefficient (Wildman–Crippen LogP) is 4.39. The van der Waals surface area contributed by atoms with Gasteiger partial charge < -0.3 is 19.7 Å². The Balaban J connectivity index is 1.86. The molecule has 34 heavy (non-hydrogen) atoms. The number of hydrogen-bond acceptors (Lipinski definition) is 5. The third-order valence-corrected chi connectivity index (χ3v) is 6.53. The van der Waals surface area contributed by atoms with Crippen LogP contribution in [0.25, 0.3) is 0 Å². The van der Waals surface area contributed by atoms with Crippen LogP contribution in [0, 0.1) is 0 Å². The summed E-state index contributed by atoms with van der Waals surface area (Å²) in [4.78, 5) is 29.5. The molecule has 0 aliphatic heterocycles. The summed E-state index contributed by atoms with van der Waals surface area (Å²) in [5.41, 5.74) is 2.90. The van der Waals surface area contributed by atoms with Gasteiger partial charge in [-0.1, -0.05) is 49.4 Å². The Bertz CT molecular complexity index is 1030. The minimum absolute atomic E-state index is 0.108. The number of ether oxygens (including phenoxy) is 2. The minimum Gasteiger partial charge on any atom is -0.497 e. The zero-order valence-electron chi connectivity index (χ0n) is 20.0. The number of benzene rings is 2. The van der Waals surface area contributed by atoms with Crippen molar-refractivity contribution in [2.75, 3.05) is 27.4 Å². The highest BCUT2D eigenvalue weighted by atomic mass is 32.1. The molecule has 1 heterocycles. The molecule has 0 aliphatic rings. The number of methoxy groups -OCH3 is 2. The van der Waals surface area contributed by atoms with Crippen molar-refractivity contribution < 1.29 is 19.1 Å². The van der Waals surface area contributed by atoms with E-state index in [4.69, 9.17) is 9.47 Å². The summed E-state index contributed by atoms with van der Waals surface area (Å²) in [5.74, 6) is 0.424. The maximum atomic E-state index is 13.5. The second kappa shape index (κ2) is 12.9. The van der Waals surface area contributed by atoms with Crippen LogP contribution in [-0.4, -0.2) is 44.1 Å². The van der Waals surface area contributed by atoms with E-state index in [-0.39, 0.29) is 18.2 Å². The van der Waals surface area contributed by atoms with E-state index >= 15 is 0 Å². The first kappa shape index (κ1) is 25.5. The number of rotatable bonds is 12. The molecule has 0 aliphatic carbocycles. The SMILES string of the molecule is CCc1ccc([C@H](C(=O)NCc2ccc(OC)cc2)N(CCOC)C(=O)Cc2cccs2)cc1. The molecule has 2 amide bonds. The zero-order chi connectivity index (χ0) is 24.3. The smallest absolute Gasteiger partial charge is 0.247 e. The third kappa shape index (κ3) is 6.92. The van der Waals surface area contributed by atoms with Gasteiger partial charge in [-0.15, -0.1) is 11.3 Å². The summed E-state index contributed by atoms with van der Waals surface area (Å²) in [6.07, 6.45) is 1.15. The van der Waals surface area contributed by atoms with Gasteiger partial charge in [-0.2, -0.15) is 0 Å². The molecule has 0 bridgehead atoms. The molecule has 6 nitrogen and oxygen atoms in total. The molecule has 0 unspecified atom stereocenters. The molecule has 0 saturated carbocycles. The van der Waals surface area contributed by atoms with Gasteiger partial charge in [-0.3, -0.25) is 9.59 Å². The molecule has 7 heteroatoms. The molecule has 180 valence electrons. The van der Waals surface area contributed by atoms with Gasteiger partial charge in [0.1, 0.15) is 11.8 Å². The Kier molecular flexibility index (Phi) is 9.67. The van der Waals surface area contributed by atoms with E-state index in [0.717, 1.165) is 28.2 Å². The van der Waals surface area contributed by atoms with Crippen LogP contribution in [0.2, 0.25) is 0 Å². The van der Waals surface area contributed by atoms with Crippen molar-refractivity contribution in [3.8, 4) is 5.75 Å². The molecule has 1 N–H and O–H groups in total. The van der Waals surface area contributed by atoms with Crippen molar-refractivity contribution in [1.29, 1.82) is 0 Å². The largest absolute Gasteiger partial charge is 0.497 e. The first-order chi connectivity index (χ1) is 16.5. The summed E-state index contributed by atoms with van der Waals surface area (Å²) >= 11 is 1.53. The maximum absolute atomic E-state index is 13.5. The van der Waals surface area contributed by atoms with Crippen LogP contribution in [0.3, 0.4) is 0 Å². The summed E-state index contributed by atoms with van der Waals surface area (Å²) in [6.45, 7) is 3.09.